The lowest BCUT2D eigenvalue weighted by Crippen LogP contribution is -2.48. The maximum Gasteiger partial charge on any atom is 0.271 e. The Morgan fingerprint density at radius 1 is 1.53 bits per heavy atom. The minimum Gasteiger partial charge on any atom is -0.346 e. The molecule has 0 fully saturated rings. The maximum atomic E-state index is 11.8. The summed E-state index contributed by atoms with van der Waals surface area (Å²) in [5.74, 6) is -0.341. The van der Waals surface area contributed by atoms with Gasteiger partial charge in [-0.05, 0) is 11.5 Å². The summed E-state index contributed by atoms with van der Waals surface area (Å²) in [6.07, 6.45) is 0. The highest BCUT2D eigenvalue weighted by molar-refractivity contribution is 5.92. The number of aromatic amines is 1. The lowest BCUT2D eigenvalue weighted by atomic mass is 9.87. The van der Waals surface area contributed by atoms with Crippen molar-refractivity contribution in [2.24, 2.45) is 11.1 Å². The number of nitrogens with one attached hydrogen (secondary N) is 2. The predicted molar refractivity (Wildman–Crippen MR) is 64.6 cm³/mol. The Balaban J connectivity index is 2.78. The molecule has 0 radical (unpaired) electrons. The Bertz CT molecular complexity index is 427. The minimum atomic E-state index is -0.341. The van der Waals surface area contributed by atoms with Crippen molar-refractivity contribution in [1.29, 1.82) is 0 Å². The van der Waals surface area contributed by atoms with Crippen molar-refractivity contribution < 1.29 is 4.79 Å². The molecular formula is C11H18N4O2. The van der Waals surface area contributed by atoms with Gasteiger partial charge in [-0.15, -0.1) is 0 Å². The van der Waals surface area contributed by atoms with Gasteiger partial charge in [-0.25, -0.2) is 5.10 Å². The highest BCUT2D eigenvalue weighted by Crippen LogP contribution is 2.18. The van der Waals surface area contributed by atoms with Crippen LogP contribution >= 0.6 is 0 Å². The molecule has 1 heterocycles. The van der Waals surface area contributed by atoms with Crippen LogP contribution in [0.1, 0.15) is 31.3 Å². The number of nitrogens with zero attached hydrogens (tertiary/aromatic N) is 1. The van der Waals surface area contributed by atoms with Gasteiger partial charge in [0.15, 0.2) is 0 Å². The fraction of sp³-hybridized carbons (Fsp3) is 0.545. The van der Waals surface area contributed by atoms with Gasteiger partial charge in [0.2, 0.25) is 0 Å². The number of carbonyl (C=O) groups excluding carboxylic acids is 1. The molecule has 1 rings (SSSR count). The van der Waals surface area contributed by atoms with Crippen LogP contribution in [0.2, 0.25) is 0 Å². The quantitative estimate of drug-likeness (QED) is 0.683. The zero-order valence-corrected chi connectivity index (χ0v) is 10.3. The van der Waals surface area contributed by atoms with E-state index in [2.05, 4.69) is 15.5 Å². The van der Waals surface area contributed by atoms with Crippen LogP contribution in [0.4, 0.5) is 0 Å². The van der Waals surface area contributed by atoms with Crippen molar-refractivity contribution in [3.63, 3.8) is 0 Å². The van der Waals surface area contributed by atoms with Crippen molar-refractivity contribution in [3.8, 4) is 0 Å². The summed E-state index contributed by atoms with van der Waals surface area (Å²) in [6, 6.07) is 2.49. The Morgan fingerprint density at radius 3 is 2.59 bits per heavy atom. The van der Waals surface area contributed by atoms with E-state index in [-0.39, 0.29) is 28.6 Å². The van der Waals surface area contributed by atoms with Crippen molar-refractivity contribution in [1.82, 2.24) is 15.5 Å². The van der Waals surface area contributed by atoms with E-state index in [1.807, 2.05) is 20.8 Å². The molecule has 1 aromatic rings. The second-order valence-electron chi connectivity index (χ2n) is 4.93. The summed E-state index contributed by atoms with van der Waals surface area (Å²) in [7, 11) is 0. The molecule has 0 saturated carbocycles. The lowest BCUT2D eigenvalue weighted by molar-refractivity contribution is 0.0899. The number of hydrogen-bond donors (Lipinski definition) is 3. The molecule has 1 atom stereocenters. The number of hydrogen-bond acceptors (Lipinski definition) is 4. The van der Waals surface area contributed by atoms with Crippen molar-refractivity contribution in [2.75, 3.05) is 6.54 Å². The van der Waals surface area contributed by atoms with Crippen LogP contribution in [0, 0.1) is 5.41 Å². The van der Waals surface area contributed by atoms with Crippen LogP contribution in [0.5, 0.6) is 0 Å². The molecule has 0 saturated heterocycles. The first-order valence-corrected chi connectivity index (χ1v) is 5.41. The standard InChI is InChI=1S/C11H18N4O2/c1-11(2,3)8(6-12)13-10(17)7-4-5-9(16)15-14-7/h4-5,8H,6,12H2,1-3H3,(H,13,17)(H,15,16). The first-order valence-electron chi connectivity index (χ1n) is 5.41. The Morgan fingerprint density at radius 2 is 2.18 bits per heavy atom. The van der Waals surface area contributed by atoms with Crippen LogP contribution in [0.15, 0.2) is 16.9 Å². The van der Waals surface area contributed by atoms with E-state index in [4.69, 9.17) is 5.73 Å². The van der Waals surface area contributed by atoms with Gasteiger partial charge in [0.25, 0.3) is 11.5 Å². The largest absolute Gasteiger partial charge is 0.346 e. The van der Waals surface area contributed by atoms with Crippen LogP contribution in [-0.4, -0.2) is 28.7 Å². The van der Waals surface area contributed by atoms with E-state index in [9.17, 15) is 9.59 Å². The van der Waals surface area contributed by atoms with Gasteiger partial charge < -0.3 is 11.1 Å². The summed E-state index contributed by atoms with van der Waals surface area (Å²) in [5, 5.41) is 8.66. The molecule has 0 spiro atoms. The molecule has 0 aliphatic carbocycles. The maximum absolute atomic E-state index is 11.8. The number of aromatic nitrogens is 2. The van der Waals surface area contributed by atoms with E-state index >= 15 is 0 Å². The summed E-state index contributed by atoms with van der Waals surface area (Å²) < 4.78 is 0. The molecule has 17 heavy (non-hydrogen) atoms. The number of carbonyl (C=O) groups is 1. The third-order valence-electron chi connectivity index (χ3n) is 2.50. The molecule has 6 nitrogen and oxygen atoms in total. The van der Waals surface area contributed by atoms with E-state index in [0.29, 0.717) is 6.54 Å². The Labute approximate surface area is 99.6 Å². The second kappa shape index (κ2) is 5.09. The lowest BCUT2D eigenvalue weighted by Gasteiger charge is -2.30. The number of nitrogens with two attached hydrogens (primary N) is 1. The normalized spacial score (nSPS) is 13.2. The number of rotatable bonds is 3. The average molecular weight is 238 g/mol. The molecule has 6 heteroatoms. The van der Waals surface area contributed by atoms with E-state index in [1.165, 1.54) is 12.1 Å². The number of H-pyrrole nitrogens is 1. The number of amides is 1. The van der Waals surface area contributed by atoms with Crippen LogP contribution in [0.25, 0.3) is 0 Å². The molecule has 1 unspecified atom stereocenters. The van der Waals surface area contributed by atoms with E-state index in [0.717, 1.165) is 0 Å². The summed E-state index contributed by atoms with van der Waals surface area (Å²) >= 11 is 0. The van der Waals surface area contributed by atoms with Gasteiger partial charge in [-0.2, -0.15) is 5.10 Å². The first kappa shape index (κ1) is 13.4. The Hall–Kier alpha value is -1.69. The third-order valence-corrected chi connectivity index (χ3v) is 2.50. The average Bonchev–Trinajstić information content (AvgIpc) is 2.24. The SMILES string of the molecule is CC(C)(C)C(CN)NC(=O)c1ccc(=O)[nH]n1. The molecule has 0 aromatic carbocycles. The fourth-order valence-electron chi connectivity index (χ4n) is 1.33. The van der Waals surface area contributed by atoms with Crippen LogP contribution in [0.3, 0.4) is 0 Å². The summed E-state index contributed by atoms with van der Waals surface area (Å²) in [4.78, 5) is 22.6. The molecule has 4 N–H and O–H groups in total. The third kappa shape index (κ3) is 3.67. The molecule has 94 valence electrons. The smallest absolute Gasteiger partial charge is 0.271 e. The zero-order valence-electron chi connectivity index (χ0n) is 10.3. The summed E-state index contributed by atoms with van der Waals surface area (Å²) in [6.45, 7) is 6.32. The molecule has 0 bridgehead atoms. The van der Waals surface area contributed by atoms with Gasteiger partial charge in [-0.3, -0.25) is 9.59 Å². The van der Waals surface area contributed by atoms with Gasteiger partial charge >= 0.3 is 0 Å². The van der Waals surface area contributed by atoms with Crippen LogP contribution < -0.4 is 16.6 Å². The highest BCUT2D eigenvalue weighted by Gasteiger charge is 2.25. The predicted octanol–water partition coefficient (Wildman–Crippen LogP) is -0.127. The first-order chi connectivity index (χ1) is 7.84. The van der Waals surface area contributed by atoms with E-state index in [1.54, 1.807) is 0 Å². The van der Waals surface area contributed by atoms with E-state index < -0.39 is 0 Å². The monoisotopic (exact) mass is 238 g/mol. The molecule has 0 aliphatic heterocycles. The Kier molecular flexibility index (Phi) is 4.01. The van der Waals surface area contributed by atoms with Gasteiger partial charge in [-0.1, -0.05) is 20.8 Å². The van der Waals surface area contributed by atoms with Gasteiger partial charge in [0.1, 0.15) is 5.69 Å². The zero-order chi connectivity index (χ0) is 13.1. The minimum absolute atomic E-state index is 0.132. The van der Waals surface area contributed by atoms with Crippen LogP contribution in [-0.2, 0) is 0 Å². The molecule has 1 aromatic heterocycles. The second-order valence-corrected chi connectivity index (χ2v) is 4.93. The molecule has 0 aliphatic rings. The topological polar surface area (TPSA) is 101 Å². The molecular weight excluding hydrogens is 220 g/mol. The van der Waals surface area contributed by atoms with Gasteiger partial charge in [0.05, 0.1) is 0 Å². The van der Waals surface area contributed by atoms with Gasteiger partial charge in [0, 0.05) is 18.7 Å². The molecule has 1 amide bonds. The van der Waals surface area contributed by atoms with Crippen molar-refractivity contribution in [3.05, 3.63) is 28.2 Å². The van der Waals surface area contributed by atoms with Crippen molar-refractivity contribution in [2.45, 2.75) is 26.8 Å². The van der Waals surface area contributed by atoms with Crippen molar-refractivity contribution >= 4 is 5.91 Å². The summed E-state index contributed by atoms with van der Waals surface area (Å²) in [5.41, 5.74) is 5.32. The fourth-order valence-corrected chi connectivity index (χ4v) is 1.33. The highest BCUT2D eigenvalue weighted by atomic mass is 16.2.